The van der Waals surface area contributed by atoms with Crippen molar-refractivity contribution < 1.29 is 19.1 Å². The van der Waals surface area contributed by atoms with Crippen molar-refractivity contribution in [3.05, 3.63) is 95.6 Å². The molecule has 1 unspecified atom stereocenters. The number of aliphatic carboxylic acids is 1. The molecule has 7 heteroatoms. The molecule has 2 aromatic heterocycles. The van der Waals surface area contributed by atoms with Crippen molar-refractivity contribution >= 4 is 11.9 Å². The Morgan fingerprint density at radius 2 is 1.65 bits per heavy atom. The Morgan fingerprint density at radius 1 is 1.10 bits per heavy atom. The second kappa shape index (κ2) is 6.70. The maximum Gasteiger partial charge on any atom is 0.319 e. The molecule has 0 bridgehead atoms. The highest BCUT2D eigenvalue weighted by molar-refractivity contribution is 5.97. The predicted molar refractivity (Wildman–Crippen MR) is 110 cm³/mol. The number of fused-ring (bicyclic) bond motifs is 1. The van der Waals surface area contributed by atoms with Crippen LogP contribution in [0, 0.1) is 11.3 Å². The minimum Gasteiger partial charge on any atom is -0.480 e. The molecule has 5 rings (SSSR count). The molecule has 3 aliphatic rings. The Kier molecular flexibility index (Phi) is 4.18. The number of hydrogen-bond donors (Lipinski definition) is 1. The van der Waals surface area contributed by atoms with Gasteiger partial charge in [0.2, 0.25) is 0 Å². The van der Waals surface area contributed by atoms with Crippen LogP contribution in [0.4, 0.5) is 4.39 Å². The first-order valence-corrected chi connectivity index (χ1v) is 10.1. The Hall–Kier alpha value is -3.61. The molecule has 2 aliphatic heterocycles. The van der Waals surface area contributed by atoms with Gasteiger partial charge in [-0.3, -0.25) is 24.5 Å². The van der Waals surface area contributed by atoms with Crippen LogP contribution in [0.5, 0.6) is 0 Å². The zero-order valence-corrected chi connectivity index (χ0v) is 16.8. The van der Waals surface area contributed by atoms with E-state index in [4.69, 9.17) is 0 Å². The second-order valence-electron chi connectivity index (χ2n) is 8.16. The molecule has 0 radical (unpaired) electrons. The van der Waals surface area contributed by atoms with Gasteiger partial charge in [0.15, 0.2) is 0 Å². The molecule has 1 amide bonds. The number of halogens is 1. The van der Waals surface area contributed by atoms with Gasteiger partial charge in [-0.25, -0.2) is 4.39 Å². The fraction of sp³-hybridized carbons (Fsp3) is 0.250. The number of amides is 1. The van der Waals surface area contributed by atoms with E-state index in [0.29, 0.717) is 22.4 Å². The Balaban J connectivity index is 1.90. The molecule has 2 aromatic rings. The Labute approximate surface area is 178 Å². The molecule has 1 N–H and O–H groups in total. The molecular formula is C24H20FN3O3. The fourth-order valence-electron chi connectivity index (χ4n) is 5.15. The zero-order valence-electron chi connectivity index (χ0n) is 16.8. The maximum atomic E-state index is 16.2. The van der Waals surface area contributed by atoms with Crippen molar-refractivity contribution in [2.75, 3.05) is 0 Å². The standard InChI is InChI=1S/C24H20FN3O3/c1-15-21-23(22(30)31,16-2-3-16)9-4-20(29)28(21)14-19(25)24(15,17-5-10-26-11-6-17)18-7-12-27-13-8-18/h4-14,16H,2-3H2,1H3,(H,30,31). The van der Waals surface area contributed by atoms with Crippen LogP contribution in [0.1, 0.15) is 30.9 Å². The number of aromatic nitrogens is 2. The summed E-state index contributed by atoms with van der Waals surface area (Å²) < 4.78 is 16.2. The van der Waals surface area contributed by atoms with E-state index in [9.17, 15) is 14.7 Å². The number of carbonyl (C=O) groups excluding carboxylic acids is 1. The summed E-state index contributed by atoms with van der Waals surface area (Å²) >= 11 is 0. The molecule has 4 heterocycles. The average molecular weight is 417 g/mol. The number of hydrogen-bond acceptors (Lipinski definition) is 4. The number of carbonyl (C=O) groups is 2. The van der Waals surface area contributed by atoms with Crippen LogP contribution in [0.25, 0.3) is 0 Å². The lowest BCUT2D eigenvalue weighted by Crippen LogP contribution is -2.50. The summed E-state index contributed by atoms with van der Waals surface area (Å²) in [4.78, 5) is 34.7. The van der Waals surface area contributed by atoms with Crippen molar-refractivity contribution in [2.24, 2.45) is 11.3 Å². The van der Waals surface area contributed by atoms with E-state index in [1.165, 1.54) is 17.1 Å². The molecule has 156 valence electrons. The smallest absolute Gasteiger partial charge is 0.319 e. The third-order valence-electron chi connectivity index (χ3n) is 6.68. The molecular weight excluding hydrogens is 397 g/mol. The van der Waals surface area contributed by atoms with Gasteiger partial charge in [-0.2, -0.15) is 0 Å². The lowest BCUT2D eigenvalue weighted by Gasteiger charge is -2.47. The lowest BCUT2D eigenvalue weighted by atomic mass is 9.62. The molecule has 1 atom stereocenters. The van der Waals surface area contributed by atoms with Crippen molar-refractivity contribution in [1.29, 1.82) is 0 Å². The number of pyridine rings is 2. The highest BCUT2D eigenvalue weighted by Gasteiger charge is 2.60. The monoisotopic (exact) mass is 417 g/mol. The fourth-order valence-corrected chi connectivity index (χ4v) is 5.15. The van der Waals surface area contributed by atoms with Crippen molar-refractivity contribution in [3.8, 4) is 0 Å². The minimum absolute atomic E-state index is 0.149. The maximum absolute atomic E-state index is 16.2. The van der Waals surface area contributed by atoms with E-state index in [2.05, 4.69) is 9.97 Å². The largest absolute Gasteiger partial charge is 0.480 e. The van der Waals surface area contributed by atoms with E-state index < -0.39 is 28.5 Å². The van der Waals surface area contributed by atoms with Crippen LogP contribution in [-0.2, 0) is 15.0 Å². The average Bonchev–Trinajstić information content (AvgIpc) is 3.62. The van der Waals surface area contributed by atoms with Gasteiger partial charge in [0.1, 0.15) is 11.2 Å². The summed E-state index contributed by atoms with van der Waals surface area (Å²) in [6.07, 6.45) is 11.7. The summed E-state index contributed by atoms with van der Waals surface area (Å²) in [5, 5.41) is 10.4. The normalized spacial score (nSPS) is 24.6. The van der Waals surface area contributed by atoms with Crippen LogP contribution < -0.4 is 0 Å². The van der Waals surface area contributed by atoms with E-state index >= 15 is 4.39 Å². The summed E-state index contributed by atoms with van der Waals surface area (Å²) in [5.74, 6) is -2.21. The second-order valence-corrected chi connectivity index (χ2v) is 8.16. The SMILES string of the molecule is CC1=C2N(C=C(F)C1(c1ccncc1)c1ccncc1)C(=O)C=CC2(C(=O)O)C1CC1. The molecule has 1 fully saturated rings. The summed E-state index contributed by atoms with van der Waals surface area (Å²) in [6.45, 7) is 1.72. The van der Waals surface area contributed by atoms with E-state index in [1.807, 2.05) is 0 Å². The third-order valence-corrected chi connectivity index (χ3v) is 6.68. The van der Waals surface area contributed by atoms with Gasteiger partial charge in [0.25, 0.3) is 5.91 Å². The van der Waals surface area contributed by atoms with Gasteiger partial charge in [-0.15, -0.1) is 0 Å². The van der Waals surface area contributed by atoms with Gasteiger partial charge in [0.05, 0.1) is 5.41 Å². The van der Waals surface area contributed by atoms with Crippen LogP contribution in [0.2, 0.25) is 0 Å². The van der Waals surface area contributed by atoms with Crippen molar-refractivity contribution in [1.82, 2.24) is 14.9 Å². The molecule has 31 heavy (non-hydrogen) atoms. The predicted octanol–water partition coefficient (Wildman–Crippen LogP) is 3.74. The zero-order chi connectivity index (χ0) is 21.8. The van der Waals surface area contributed by atoms with Crippen LogP contribution in [0.3, 0.4) is 0 Å². The molecule has 1 saturated carbocycles. The lowest BCUT2D eigenvalue weighted by molar-refractivity contribution is -0.146. The van der Waals surface area contributed by atoms with Gasteiger partial charge >= 0.3 is 5.97 Å². The minimum atomic E-state index is -1.39. The summed E-state index contributed by atoms with van der Waals surface area (Å²) in [5.41, 5.74) is -0.783. The first-order chi connectivity index (χ1) is 14.9. The molecule has 0 spiro atoms. The third kappa shape index (κ3) is 2.49. The van der Waals surface area contributed by atoms with Crippen LogP contribution >= 0.6 is 0 Å². The molecule has 1 aliphatic carbocycles. The number of carboxylic acids is 1. The van der Waals surface area contributed by atoms with Crippen molar-refractivity contribution in [2.45, 2.75) is 25.2 Å². The van der Waals surface area contributed by atoms with Gasteiger partial charge in [-0.05, 0) is 66.6 Å². The first kappa shape index (κ1) is 19.4. The summed E-state index contributed by atoms with van der Waals surface area (Å²) in [6, 6.07) is 6.86. The molecule has 0 saturated heterocycles. The first-order valence-electron chi connectivity index (χ1n) is 10.1. The van der Waals surface area contributed by atoms with Gasteiger partial charge in [-0.1, -0.05) is 6.08 Å². The van der Waals surface area contributed by atoms with Crippen LogP contribution in [-0.4, -0.2) is 31.9 Å². The van der Waals surface area contributed by atoms with Crippen molar-refractivity contribution in [3.63, 3.8) is 0 Å². The molecule has 6 nitrogen and oxygen atoms in total. The topological polar surface area (TPSA) is 83.4 Å². The van der Waals surface area contributed by atoms with E-state index in [-0.39, 0.29) is 5.92 Å². The number of rotatable bonds is 4. The van der Waals surface area contributed by atoms with Gasteiger partial charge in [0, 0.05) is 42.8 Å². The van der Waals surface area contributed by atoms with Gasteiger partial charge < -0.3 is 5.11 Å². The van der Waals surface area contributed by atoms with Crippen LogP contribution in [0.15, 0.2) is 84.5 Å². The highest BCUT2D eigenvalue weighted by Crippen LogP contribution is 2.59. The Bertz CT molecular complexity index is 1130. The quantitative estimate of drug-likeness (QED) is 0.819. The Morgan fingerprint density at radius 3 is 2.13 bits per heavy atom. The summed E-state index contributed by atoms with van der Waals surface area (Å²) in [7, 11) is 0. The number of carboxylic acid groups (broad SMARTS) is 1. The van der Waals surface area contributed by atoms with E-state index in [0.717, 1.165) is 19.0 Å². The van der Waals surface area contributed by atoms with E-state index in [1.54, 1.807) is 56.0 Å². The highest BCUT2D eigenvalue weighted by atomic mass is 19.1. The number of allylic oxidation sites excluding steroid dienone is 2. The molecule has 0 aromatic carbocycles. The number of nitrogens with zero attached hydrogens (tertiary/aromatic N) is 3.